The van der Waals surface area contributed by atoms with Gasteiger partial charge < -0.3 is 4.57 Å². The Morgan fingerprint density at radius 1 is 1.29 bits per heavy atom. The molecule has 2 rings (SSSR count). The Labute approximate surface area is 138 Å². The van der Waals surface area contributed by atoms with Gasteiger partial charge in [0.05, 0.1) is 21.4 Å². The lowest BCUT2D eigenvalue weighted by Crippen LogP contribution is -2.09. The Bertz CT molecular complexity index is 624. The minimum Gasteiger partial charge on any atom is -0.324 e. The zero-order valence-corrected chi connectivity index (χ0v) is 15.0. The zero-order chi connectivity index (χ0) is 15.6. The fourth-order valence-electron chi connectivity index (χ4n) is 2.68. The van der Waals surface area contributed by atoms with Crippen LogP contribution in [0.3, 0.4) is 0 Å². The molecule has 1 atom stereocenters. The first-order valence-corrected chi connectivity index (χ1v) is 8.68. The average Bonchev–Trinajstić information content (AvgIpc) is 2.76. The van der Waals surface area contributed by atoms with E-state index in [2.05, 4.69) is 46.3 Å². The van der Waals surface area contributed by atoms with Crippen molar-refractivity contribution in [2.24, 2.45) is 5.92 Å². The molecule has 1 aromatic heterocycles. The number of imidazole rings is 1. The summed E-state index contributed by atoms with van der Waals surface area (Å²) in [4.78, 5) is 4.47. The maximum atomic E-state index is 13.7. The van der Waals surface area contributed by atoms with Gasteiger partial charge in [-0.1, -0.05) is 26.7 Å². The molecule has 0 amide bonds. The molecule has 2 nitrogen and oxygen atoms in total. The van der Waals surface area contributed by atoms with Gasteiger partial charge >= 0.3 is 0 Å². The van der Waals surface area contributed by atoms with Crippen molar-refractivity contribution < 1.29 is 4.39 Å². The Kier molecular flexibility index (Phi) is 5.67. The van der Waals surface area contributed by atoms with E-state index in [0.29, 0.717) is 27.8 Å². The number of aromatic nitrogens is 2. The fraction of sp³-hybridized carbons (Fsp3) is 0.562. The number of rotatable bonds is 6. The molecule has 0 N–H and O–H groups in total. The van der Waals surface area contributed by atoms with Crippen molar-refractivity contribution >= 4 is 38.6 Å². The zero-order valence-electron chi connectivity index (χ0n) is 12.7. The van der Waals surface area contributed by atoms with Gasteiger partial charge in [0.2, 0.25) is 0 Å². The highest BCUT2D eigenvalue weighted by atomic mass is 79.9. The van der Waals surface area contributed by atoms with Crippen LogP contribution in [-0.4, -0.2) is 9.55 Å². The number of nitrogens with zero attached hydrogens (tertiary/aromatic N) is 2. The lowest BCUT2D eigenvalue weighted by Gasteiger charge is -2.17. The van der Waals surface area contributed by atoms with Crippen LogP contribution in [0.25, 0.3) is 11.0 Å². The molecule has 0 aliphatic carbocycles. The fourth-order valence-corrected chi connectivity index (χ4v) is 3.20. The summed E-state index contributed by atoms with van der Waals surface area (Å²) in [7, 11) is 0. The van der Waals surface area contributed by atoms with E-state index in [-0.39, 0.29) is 5.82 Å². The van der Waals surface area contributed by atoms with Gasteiger partial charge in [-0.25, -0.2) is 9.37 Å². The number of fused-ring (bicyclic) bond motifs is 1. The summed E-state index contributed by atoms with van der Waals surface area (Å²) in [5.74, 6) is 1.57. The number of alkyl halides is 1. The van der Waals surface area contributed by atoms with Crippen molar-refractivity contribution in [3.63, 3.8) is 0 Å². The Hall–Kier alpha value is -0.610. The number of halogens is 3. The van der Waals surface area contributed by atoms with Crippen LogP contribution in [-0.2, 0) is 5.88 Å². The molecule has 0 aliphatic heterocycles. The highest BCUT2D eigenvalue weighted by Crippen LogP contribution is 2.29. The molecule has 0 bridgehead atoms. The van der Waals surface area contributed by atoms with Crippen molar-refractivity contribution in [2.75, 3.05) is 0 Å². The van der Waals surface area contributed by atoms with Gasteiger partial charge in [0, 0.05) is 12.1 Å². The van der Waals surface area contributed by atoms with Crippen molar-refractivity contribution in [2.45, 2.75) is 52.0 Å². The van der Waals surface area contributed by atoms with Gasteiger partial charge in [-0.05, 0) is 41.3 Å². The molecule has 5 heteroatoms. The maximum Gasteiger partial charge on any atom is 0.139 e. The molecule has 116 valence electrons. The van der Waals surface area contributed by atoms with E-state index >= 15 is 0 Å². The van der Waals surface area contributed by atoms with E-state index in [9.17, 15) is 4.39 Å². The monoisotopic (exact) mass is 374 g/mol. The predicted octanol–water partition coefficient (Wildman–Crippen LogP) is 6.06. The topological polar surface area (TPSA) is 17.8 Å². The lowest BCUT2D eigenvalue weighted by molar-refractivity contribution is 0.447. The summed E-state index contributed by atoms with van der Waals surface area (Å²) in [5.41, 5.74) is 1.61. The Balaban J connectivity index is 2.34. The van der Waals surface area contributed by atoms with Gasteiger partial charge in [0.15, 0.2) is 0 Å². The minimum absolute atomic E-state index is 0.291. The highest BCUT2D eigenvalue weighted by molar-refractivity contribution is 9.10. The first kappa shape index (κ1) is 16.8. The number of benzene rings is 1. The SMILES string of the molecule is CC(C)CCCC(C)n1c(CCl)nc2cc(F)c(Br)cc21. The molecule has 0 spiro atoms. The molecule has 2 aromatic rings. The van der Waals surface area contributed by atoms with E-state index in [1.807, 2.05) is 0 Å². The Morgan fingerprint density at radius 2 is 2.00 bits per heavy atom. The molecule has 1 heterocycles. The van der Waals surface area contributed by atoms with E-state index in [1.165, 1.54) is 18.9 Å². The largest absolute Gasteiger partial charge is 0.324 e. The van der Waals surface area contributed by atoms with Crippen LogP contribution < -0.4 is 0 Å². The minimum atomic E-state index is -0.291. The third-order valence-corrected chi connectivity index (χ3v) is 4.62. The summed E-state index contributed by atoms with van der Waals surface area (Å²) in [5, 5.41) is 0. The number of hydrogen-bond donors (Lipinski definition) is 0. The summed E-state index contributed by atoms with van der Waals surface area (Å²) >= 11 is 9.28. The van der Waals surface area contributed by atoms with Crippen molar-refractivity contribution in [3.8, 4) is 0 Å². The maximum absolute atomic E-state index is 13.7. The van der Waals surface area contributed by atoms with Crippen LogP contribution >= 0.6 is 27.5 Å². The first-order valence-electron chi connectivity index (χ1n) is 7.35. The average molecular weight is 376 g/mol. The van der Waals surface area contributed by atoms with Crippen LogP contribution in [0.15, 0.2) is 16.6 Å². The molecule has 0 fully saturated rings. The molecule has 0 saturated heterocycles. The second-order valence-electron chi connectivity index (χ2n) is 5.96. The van der Waals surface area contributed by atoms with Crippen LogP contribution in [0.1, 0.15) is 51.9 Å². The van der Waals surface area contributed by atoms with Crippen LogP contribution in [0.4, 0.5) is 4.39 Å². The third-order valence-electron chi connectivity index (χ3n) is 3.77. The molecular formula is C16H21BrClFN2. The Morgan fingerprint density at radius 3 is 2.62 bits per heavy atom. The summed E-state index contributed by atoms with van der Waals surface area (Å²) < 4.78 is 16.3. The normalized spacial score (nSPS) is 13.3. The molecule has 1 aromatic carbocycles. The van der Waals surface area contributed by atoms with Gasteiger partial charge in [0.1, 0.15) is 11.6 Å². The smallest absolute Gasteiger partial charge is 0.139 e. The molecule has 21 heavy (non-hydrogen) atoms. The van der Waals surface area contributed by atoms with Crippen LogP contribution in [0.5, 0.6) is 0 Å². The van der Waals surface area contributed by atoms with Crippen molar-refractivity contribution in [1.82, 2.24) is 9.55 Å². The van der Waals surface area contributed by atoms with E-state index in [4.69, 9.17) is 11.6 Å². The summed E-state index contributed by atoms with van der Waals surface area (Å²) in [6.07, 6.45) is 3.45. The van der Waals surface area contributed by atoms with Crippen molar-refractivity contribution in [1.29, 1.82) is 0 Å². The van der Waals surface area contributed by atoms with Gasteiger partial charge in [-0.2, -0.15) is 0 Å². The van der Waals surface area contributed by atoms with Crippen molar-refractivity contribution in [3.05, 3.63) is 28.2 Å². The second kappa shape index (κ2) is 7.10. The first-order chi connectivity index (χ1) is 9.93. The predicted molar refractivity (Wildman–Crippen MR) is 90.3 cm³/mol. The molecule has 0 saturated carbocycles. The van der Waals surface area contributed by atoms with Crippen LogP contribution in [0.2, 0.25) is 0 Å². The van der Waals surface area contributed by atoms with E-state index in [0.717, 1.165) is 17.8 Å². The van der Waals surface area contributed by atoms with Crippen LogP contribution in [0, 0.1) is 11.7 Å². The van der Waals surface area contributed by atoms with E-state index < -0.39 is 0 Å². The van der Waals surface area contributed by atoms with Gasteiger partial charge in [-0.15, -0.1) is 11.6 Å². The van der Waals surface area contributed by atoms with E-state index in [1.54, 1.807) is 6.07 Å². The quantitative estimate of drug-likeness (QED) is 0.561. The molecular weight excluding hydrogens is 355 g/mol. The standard InChI is InChI=1S/C16H21BrClFN2/c1-10(2)5-4-6-11(3)21-15-7-12(17)13(19)8-14(15)20-16(21)9-18/h7-8,10-11H,4-6,9H2,1-3H3. The third kappa shape index (κ3) is 3.78. The molecule has 0 radical (unpaired) electrons. The summed E-state index contributed by atoms with van der Waals surface area (Å²) in [6.45, 7) is 6.65. The number of hydrogen-bond acceptors (Lipinski definition) is 1. The lowest BCUT2D eigenvalue weighted by atomic mass is 10.0. The van der Waals surface area contributed by atoms with Gasteiger partial charge in [-0.3, -0.25) is 0 Å². The highest BCUT2D eigenvalue weighted by Gasteiger charge is 2.17. The molecule has 0 aliphatic rings. The van der Waals surface area contributed by atoms with Gasteiger partial charge in [0.25, 0.3) is 0 Å². The summed E-state index contributed by atoms with van der Waals surface area (Å²) in [6, 6.07) is 3.57. The molecule has 1 unspecified atom stereocenters. The second-order valence-corrected chi connectivity index (χ2v) is 7.08.